The standard InChI is InChI=1S/C20H18FN5.2C2H6/c1-3-22-20-23-12-15(21)19(24-20)17-16-9-4-5-10-26(16)25-18(17)14-8-6-7-13(2)11-14;2*1-2/h4-12H,3H2,1-2H3,(H,22,23,24);2*1-2H3. The molecule has 0 amide bonds. The van der Waals surface area contributed by atoms with Gasteiger partial charge in [-0.3, -0.25) is 0 Å². The molecule has 0 radical (unpaired) electrons. The molecule has 3 aromatic heterocycles. The van der Waals surface area contributed by atoms with E-state index in [1.165, 1.54) is 6.20 Å². The topological polar surface area (TPSA) is 55.1 Å². The molecule has 30 heavy (non-hydrogen) atoms. The van der Waals surface area contributed by atoms with E-state index >= 15 is 0 Å². The number of halogens is 1. The fraction of sp³-hybridized carbons (Fsp3) is 0.292. The summed E-state index contributed by atoms with van der Waals surface area (Å²) in [5.41, 5.74) is 4.43. The summed E-state index contributed by atoms with van der Waals surface area (Å²) < 4.78 is 16.4. The fourth-order valence-corrected chi connectivity index (χ4v) is 3.01. The van der Waals surface area contributed by atoms with E-state index in [9.17, 15) is 4.39 Å². The second kappa shape index (κ2) is 11.0. The summed E-state index contributed by atoms with van der Waals surface area (Å²) in [5, 5.41) is 7.72. The van der Waals surface area contributed by atoms with Gasteiger partial charge in [0.25, 0.3) is 0 Å². The number of aryl methyl sites for hydroxylation is 1. The number of aromatic nitrogens is 4. The number of nitrogens with zero attached hydrogens (tertiary/aromatic N) is 4. The van der Waals surface area contributed by atoms with Crippen LogP contribution in [0.15, 0.2) is 54.9 Å². The minimum atomic E-state index is -0.473. The van der Waals surface area contributed by atoms with Crippen LogP contribution in [-0.4, -0.2) is 26.1 Å². The predicted molar refractivity (Wildman–Crippen MR) is 123 cm³/mol. The third kappa shape index (κ3) is 4.82. The number of benzene rings is 1. The van der Waals surface area contributed by atoms with Crippen LogP contribution >= 0.6 is 0 Å². The molecule has 1 N–H and O–H groups in total. The second-order valence-corrected chi connectivity index (χ2v) is 6.04. The van der Waals surface area contributed by atoms with Crippen LogP contribution < -0.4 is 5.32 Å². The van der Waals surface area contributed by atoms with Crippen molar-refractivity contribution in [3.63, 3.8) is 0 Å². The van der Waals surface area contributed by atoms with E-state index in [4.69, 9.17) is 0 Å². The highest BCUT2D eigenvalue weighted by Crippen LogP contribution is 2.35. The Morgan fingerprint density at radius 3 is 2.47 bits per heavy atom. The molecule has 0 saturated carbocycles. The van der Waals surface area contributed by atoms with Crippen LogP contribution in [0.4, 0.5) is 10.3 Å². The third-order valence-electron chi connectivity index (χ3n) is 4.15. The van der Waals surface area contributed by atoms with Crippen molar-refractivity contribution in [3.05, 3.63) is 66.2 Å². The lowest BCUT2D eigenvalue weighted by atomic mass is 10.0. The van der Waals surface area contributed by atoms with Crippen molar-refractivity contribution in [2.45, 2.75) is 41.5 Å². The van der Waals surface area contributed by atoms with Gasteiger partial charge in [0.2, 0.25) is 5.95 Å². The molecule has 0 aliphatic heterocycles. The molecule has 1 aromatic carbocycles. The quantitative estimate of drug-likeness (QED) is 0.426. The lowest BCUT2D eigenvalue weighted by molar-refractivity contribution is 0.619. The van der Waals surface area contributed by atoms with E-state index in [1.54, 1.807) is 4.52 Å². The minimum absolute atomic E-state index is 0.244. The highest BCUT2D eigenvalue weighted by molar-refractivity contribution is 5.91. The molecule has 0 fully saturated rings. The molecule has 4 rings (SSSR count). The van der Waals surface area contributed by atoms with E-state index < -0.39 is 5.82 Å². The Kier molecular flexibility index (Phi) is 8.47. The molecule has 0 aliphatic rings. The summed E-state index contributed by atoms with van der Waals surface area (Å²) in [4.78, 5) is 8.42. The molecular weight excluding hydrogens is 377 g/mol. The van der Waals surface area contributed by atoms with Gasteiger partial charge >= 0.3 is 0 Å². The maximum Gasteiger partial charge on any atom is 0.223 e. The molecule has 158 valence electrons. The van der Waals surface area contributed by atoms with Gasteiger partial charge in [-0.05, 0) is 32.0 Å². The van der Waals surface area contributed by atoms with Gasteiger partial charge in [0, 0.05) is 18.3 Å². The first kappa shape index (κ1) is 23.0. The number of nitrogens with one attached hydrogen (secondary N) is 1. The monoisotopic (exact) mass is 407 g/mol. The minimum Gasteiger partial charge on any atom is -0.354 e. The van der Waals surface area contributed by atoms with E-state index in [2.05, 4.69) is 20.4 Å². The zero-order valence-electron chi connectivity index (χ0n) is 18.6. The lowest BCUT2D eigenvalue weighted by Gasteiger charge is -2.07. The van der Waals surface area contributed by atoms with Gasteiger partial charge in [-0.2, -0.15) is 5.10 Å². The molecule has 0 aliphatic carbocycles. The molecule has 6 heteroatoms. The molecule has 4 aromatic rings. The number of anilines is 1. The van der Waals surface area contributed by atoms with Crippen LogP contribution in [0.2, 0.25) is 0 Å². The Morgan fingerprint density at radius 1 is 1.00 bits per heavy atom. The van der Waals surface area contributed by atoms with Gasteiger partial charge < -0.3 is 5.32 Å². The van der Waals surface area contributed by atoms with Gasteiger partial charge in [0.05, 0.1) is 17.3 Å². The Balaban J connectivity index is 0.000000757. The number of pyridine rings is 1. The maximum atomic E-state index is 14.7. The van der Waals surface area contributed by atoms with E-state index in [0.29, 0.717) is 23.8 Å². The number of rotatable bonds is 4. The van der Waals surface area contributed by atoms with Crippen molar-refractivity contribution in [2.24, 2.45) is 0 Å². The predicted octanol–water partition coefficient (Wildman–Crippen LogP) is 6.39. The highest BCUT2D eigenvalue weighted by Gasteiger charge is 2.21. The van der Waals surface area contributed by atoms with Gasteiger partial charge in [-0.15, -0.1) is 0 Å². The van der Waals surface area contributed by atoms with Gasteiger partial charge in [-0.1, -0.05) is 57.5 Å². The first-order valence-corrected chi connectivity index (χ1v) is 10.5. The van der Waals surface area contributed by atoms with Gasteiger partial charge in [0.1, 0.15) is 11.4 Å². The van der Waals surface area contributed by atoms with E-state index in [1.807, 2.05) is 90.2 Å². The largest absolute Gasteiger partial charge is 0.354 e. The fourth-order valence-electron chi connectivity index (χ4n) is 3.01. The highest BCUT2D eigenvalue weighted by atomic mass is 19.1. The molecular formula is C24H30FN5. The van der Waals surface area contributed by atoms with Crippen molar-refractivity contribution in [3.8, 4) is 22.5 Å². The third-order valence-corrected chi connectivity index (χ3v) is 4.15. The Labute approximate surface area is 178 Å². The second-order valence-electron chi connectivity index (χ2n) is 6.04. The maximum absolute atomic E-state index is 14.7. The summed E-state index contributed by atoms with van der Waals surface area (Å²) in [6, 6.07) is 13.7. The smallest absolute Gasteiger partial charge is 0.223 e. The summed E-state index contributed by atoms with van der Waals surface area (Å²) >= 11 is 0. The Hall–Kier alpha value is -3.28. The Bertz CT molecular complexity index is 1090. The van der Waals surface area contributed by atoms with E-state index in [0.717, 1.165) is 16.6 Å². The summed E-state index contributed by atoms with van der Waals surface area (Å²) in [6.45, 7) is 12.6. The van der Waals surface area contributed by atoms with Crippen LogP contribution in [0.3, 0.4) is 0 Å². The lowest BCUT2D eigenvalue weighted by Crippen LogP contribution is -2.04. The first-order valence-electron chi connectivity index (χ1n) is 10.5. The molecule has 0 spiro atoms. The molecule has 0 unspecified atom stereocenters. The molecule has 0 bridgehead atoms. The first-order chi connectivity index (χ1) is 14.7. The average Bonchev–Trinajstić information content (AvgIpc) is 3.17. The van der Waals surface area contributed by atoms with Gasteiger partial charge in [0.15, 0.2) is 5.82 Å². The normalized spacial score (nSPS) is 9.97. The van der Waals surface area contributed by atoms with Crippen molar-refractivity contribution in [1.29, 1.82) is 0 Å². The van der Waals surface area contributed by atoms with Crippen molar-refractivity contribution in [2.75, 3.05) is 11.9 Å². The molecule has 5 nitrogen and oxygen atoms in total. The van der Waals surface area contributed by atoms with Crippen molar-refractivity contribution < 1.29 is 4.39 Å². The molecule has 3 heterocycles. The van der Waals surface area contributed by atoms with E-state index in [-0.39, 0.29) is 5.69 Å². The Morgan fingerprint density at radius 2 is 1.77 bits per heavy atom. The number of fused-ring (bicyclic) bond motifs is 1. The summed E-state index contributed by atoms with van der Waals surface area (Å²) in [6.07, 6.45) is 3.05. The number of hydrogen-bond acceptors (Lipinski definition) is 4. The average molecular weight is 408 g/mol. The SMILES string of the molecule is CC.CC.CCNc1ncc(F)c(-c2c(-c3cccc(C)c3)nn3ccccc23)n1. The van der Waals surface area contributed by atoms with Crippen LogP contribution in [0.1, 0.15) is 40.2 Å². The number of hydrogen-bond donors (Lipinski definition) is 1. The zero-order chi connectivity index (χ0) is 22.1. The summed E-state index contributed by atoms with van der Waals surface area (Å²) in [5.74, 6) is -0.0753. The zero-order valence-corrected chi connectivity index (χ0v) is 18.6. The van der Waals surface area contributed by atoms with Crippen LogP contribution in [-0.2, 0) is 0 Å². The summed E-state index contributed by atoms with van der Waals surface area (Å²) in [7, 11) is 0. The molecule has 0 atom stereocenters. The van der Waals surface area contributed by atoms with Crippen molar-refractivity contribution in [1.82, 2.24) is 19.6 Å². The van der Waals surface area contributed by atoms with Crippen molar-refractivity contribution >= 4 is 11.5 Å². The van der Waals surface area contributed by atoms with Crippen LogP contribution in [0, 0.1) is 12.7 Å². The van der Waals surface area contributed by atoms with Crippen LogP contribution in [0.25, 0.3) is 28.0 Å². The molecule has 0 saturated heterocycles. The van der Waals surface area contributed by atoms with Crippen LogP contribution in [0.5, 0.6) is 0 Å². The van der Waals surface area contributed by atoms with Gasteiger partial charge in [-0.25, -0.2) is 18.9 Å².